The molecule has 0 saturated heterocycles. The van der Waals surface area contributed by atoms with Crippen molar-refractivity contribution in [1.29, 1.82) is 0 Å². The maximum absolute atomic E-state index is 11.9. The SMILES string of the molecule is C/C(=C\C(=O)c1c[nH]c2ccc(Cl)cc12)C(=O)O. The first-order valence-electron chi connectivity index (χ1n) is 5.21. The first-order valence-corrected chi connectivity index (χ1v) is 5.59. The average molecular weight is 264 g/mol. The number of nitrogens with one attached hydrogen (secondary N) is 1. The number of benzene rings is 1. The number of aliphatic carboxylic acids is 1. The third-order valence-corrected chi connectivity index (χ3v) is 2.83. The van der Waals surface area contributed by atoms with Gasteiger partial charge in [0.25, 0.3) is 0 Å². The topological polar surface area (TPSA) is 70.2 Å². The Morgan fingerprint density at radius 1 is 1.39 bits per heavy atom. The second kappa shape index (κ2) is 4.66. The van der Waals surface area contributed by atoms with Crippen LogP contribution in [-0.4, -0.2) is 21.8 Å². The number of halogens is 1. The summed E-state index contributed by atoms with van der Waals surface area (Å²) in [4.78, 5) is 25.6. The van der Waals surface area contributed by atoms with Crippen molar-refractivity contribution in [3.8, 4) is 0 Å². The van der Waals surface area contributed by atoms with Crippen molar-refractivity contribution < 1.29 is 14.7 Å². The summed E-state index contributed by atoms with van der Waals surface area (Å²) in [6, 6.07) is 5.15. The zero-order valence-electron chi connectivity index (χ0n) is 9.53. The summed E-state index contributed by atoms with van der Waals surface area (Å²) in [5.41, 5.74) is 1.19. The second-order valence-corrected chi connectivity index (χ2v) is 4.33. The first-order chi connectivity index (χ1) is 8.49. The van der Waals surface area contributed by atoms with E-state index in [1.165, 1.54) is 6.92 Å². The summed E-state index contributed by atoms with van der Waals surface area (Å²) in [6.45, 7) is 1.38. The van der Waals surface area contributed by atoms with Crippen LogP contribution in [-0.2, 0) is 4.79 Å². The summed E-state index contributed by atoms with van der Waals surface area (Å²) in [5, 5.41) is 9.94. The van der Waals surface area contributed by atoms with Crippen molar-refractivity contribution in [1.82, 2.24) is 4.98 Å². The lowest BCUT2D eigenvalue weighted by Gasteiger charge is -1.96. The fourth-order valence-corrected chi connectivity index (χ4v) is 1.80. The van der Waals surface area contributed by atoms with Crippen LogP contribution in [0.25, 0.3) is 10.9 Å². The highest BCUT2D eigenvalue weighted by Crippen LogP contribution is 2.23. The van der Waals surface area contributed by atoms with Gasteiger partial charge in [-0.3, -0.25) is 4.79 Å². The third-order valence-electron chi connectivity index (χ3n) is 2.59. The molecule has 1 aromatic heterocycles. The molecular formula is C13H10ClNO3. The number of aromatic nitrogens is 1. The third kappa shape index (κ3) is 2.28. The van der Waals surface area contributed by atoms with Crippen LogP contribution in [0.5, 0.6) is 0 Å². The van der Waals surface area contributed by atoms with Crippen molar-refractivity contribution in [2.45, 2.75) is 6.92 Å². The number of H-pyrrole nitrogens is 1. The number of allylic oxidation sites excluding steroid dienone is 1. The van der Waals surface area contributed by atoms with E-state index in [-0.39, 0.29) is 11.4 Å². The van der Waals surface area contributed by atoms with Crippen molar-refractivity contribution in [2.24, 2.45) is 0 Å². The molecule has 0 bridgehead atoms. The van der Waals surface area contributed by atoms with E-state index in [9.17, 15) is 9.59 Å². The monoisotopic (exact) mass is 263 g/mol. The molecule has 4 nitrogen and oxygen atoms in total. The largest absolute Gasteiger partial charge is 0.478 e. The lowest BCUT2D eigenvalue weighted by Crippen LogP contribution is -2.01. The number of fused-ring (bicyclic) bond motifs is 1. The summed E-state index contributed by atoms with van der Waals surface area (Å²) < 4.78 is 0. The molecule has 92 valence electrons. The number of aromatic amines is 1. The van der Waals surface area contributed by atoms with Gasteiger partial charge >= 0.3 is 5.97 Å². The van der Waals surface area contributed by atoms with Crippen LogP contribution in [0.15, 0.2) is 36.0 Å². The van der Waals surface area contributed by atoms with E-state index in [1.54, 1.807) is 24.4 Å². The fraction of sp³-hybridized carbons (Fsp3) is 0.0769. The molecule has 0 atom stereocenters. The van der Waals surface area contributed by atoms with Crippen LogP contribution < -0.4 is 0 Å². The van der Waals surface area contributed by atoms with Gasteiger partial charge < -0.3 is 10.1 Å². The zero-order valence-corrected chi connectivity index (χ0v) is 10.3. The van der Waals surface area contributed by atoms with Gasteiger partial charge in [0.1, 0.15) is 0 Å². The molecule has 0 aliphatic rings. The lowest BCUT2D eigenvalue weighted by molar-refractivity contribution is -0.132. The number of carboxylic acid groups (broad SMARTS) is 1. The van der Waals surface area contributed by atoms with E-state index in [1.807, 2.05) is 0 Å². The predicted molar refractivity (Wildman–Crippen MR) is 69.0 cm³/mol. The Labute approximate surface area is 108 Å². The van der Waals surface area contributed by atoms with Crippen molar-refractivity contribution in [2.75, 3.05) is 0 Å². The van der Waals surface area contributed by atoms with Gasteiger partial charge in [-0.15, -0.1) is 0 Å². The number of carbonyl (C=O) groups excluding carboxylic acids is 1. The lowest BCUT2D eigenvalue weighted by atomic mass is 10.1. The predicted octanol–water partition coefficient (Wildman–Crippen LogP) is 3.03. The highest BCUT2D eigenvalue weighted by atomic mass is 35.5. The Balaban J connectivity index is 2.49. The normalized spacial score (nSPS) is 11.8. The second-order valence-electron chi connectivity index (χ2n) is 3.89. The van der Waals surface area contributed by atoms with Gasteiger partial charge in [-0.1, -0.05) is 11.6 Å². The maximum atomic E-state index is 11.9. The van der Waals surface area contributed by atoms with Gasteiger partial charge in [0.15, 0.2) is 5.78 Å². The van der Waals surface area contributed by atoms with Crippen LogP contribution >= 0.6 is 11.6 Å². The molecule has 5 heteroatoms. The van der Waals surface area contributed by atoms with Crippen molar-refractivity contribution in [3.05, 3.63) is 46.6 Å². The van der Waals surface area contributed by atoms with Crippen LogP contribution in [0.3, 0.4) is 0 Å². The Hall–Kier alpha value is -2.07. The van der Waals surface area contributed by atoms with Gasteiger partial charge in [0.05, 0.1) is 0 Å². The van der Waals surface area contributed by atoms with Crippen LogP contribution in [0.4, 0.5) is 0 Å². The molecule has 2 rings (SSSR count). The highest BCUT2D eigenvalue weighted by Gasteiger charge is 2.12. The number of carbonyl (C=O) groups is 2. The van der Waals surface area contributed by atoms with Gasteiger partial charge in [-0.25, -0.2) is 4.79 Å². The molecule has 0 amide bonds. The Kier molecular flexibility index (Phi) is 3.21. The smallest absolute Gasteiger partial charge is 0.331 e. The minimum absolute atomic E-state index is 0.00335. The molecule has 2 aromatic rings. The van der Waals surface area contributed by atoms with Crippen LogP contribution in [0.1, 0.15) is 17.3 Å². The minimum Gasteiger partial charge on any atom is -0.478 e. The number of rotatable bonds is 3. The molecule has 0 radical (unpaired) electrons. The average Bonchev–Trinajstić information content (AvgIpc) is 2.71. The van der Waals surface area contributed by atoms with E-state index in [2.05, 4.69) is 4.98 Å². The fourth-order valence-electron chi connectivity index (χ4n) is 1.63. The molecular weight excluding hydrogens is 254 g/mol. The van der Waals surface area contributed by atoms with E-state index in [0.29, 0.717) is 16.0 Å². The van der Waals surface area contributed by atoms with E-state index < -0.39 is 5.97 Å². The van der Waals surface area contributed by atoms with E-state index in [4.69, 9.17) is 16.7 Å². The summed E-state index contributed by atoms with van der Waals surface area (Å²) in [7, 11) is 0. The summed E-state index contributed by atoms with van der Waals surface area (Å²) in [5.74, 6) is -1.47. The molecule has 1 aromatic carbocycles. The molecule has 0 aliphatic carbocycles. The Morgan fingerprint density at radius 3 is 2.78 bits per heavy atom. The standard InChI is InChI=1S/C13H10ClNO3/c1-7(13(17)18)4-12(16)10-6-15-11-3-2-8(14)5-9(10)11/h2-6,15H,1H3,(H,17,18)/b7-4+. The molecule has 0 unspecified atom stereocenters. The number of carboxylic acids is 1. The maximum Gasteiger partial charge on any atom is 0.331 e. The molecule has 0 aliphatic heterocycles. The molecule has 0 fully saturated rings. The Morgan fingerprint density at radius 2 is 2.11 bits per heavy atom. The highest BCUT2D eigenvalue weighted by molar-refractivity contribution is 6.31. The molecule has 0 saturated carbocycles. The van der Waals surface area contributed by atoms with Gasteiger partial charge in [0, 0.05) is 33.3 Å². The number of ketones is 1. The van der Waals surface area contributed by atoms with Crippen molar-refractivity contribution in [3.63, 3.8) is 0 Å². The molecule has 0 spiro atoms. The number of hydrogen-bond donors (Lipinski definition) is 2. The first kappa shape index (κ1) is 12.4. The minimum atomic E-state index is -1.11. The van der Waals surface area contributed by atoms with Crippen LogP contribution in [0, 0.1) is 0 Å². The molecule has 2 N–H and O–H groups in total. The van der Waals surface area contributed by atoms with Gasteiger partial charge in [-0.2, -0.15) is 0 Å². The van der Waals surface area contributed by atoms with Gasteiger partial charge in [0.2, 0.25) is 0 Å². The zero-order chi connectivity index (χ0) is 13.3. The molecule has 18 heavy (non-hydrogen) atoms. The quantitative estimate of drug-likeness (QED) is 0.660. The van der Waals surface area contributed by atoms with Crippen molar-refractivity contribution >= 4 is 34.3 Å². The van der Waals surface area contributed by atoms with Crippen LogP contribution in [0.2, 0.25) is 5.02 Å². The van der Waals surface area contributed by atoms with Gasteiger partial charge in [-0.05, 0) is 31.2 Å². The van der Waals surface area contributed by atoms with E-state index in [0.717, 1.165) is 11.6 Å². The summed E-state index contributed by atoms with van der Waals surface area (Å²) >= 11 is 5.87. The molecule has 1 heterocycles. The summed E-state index contributed by atoms with van der Waals surface area (Å²) in [6.07, 6.45) is 2.65. The van der Waals surface area contributed by atoms with E-state index >= 15 is 0 Å². The number of hydrogen-bond acceptors (Lipinski definition) is 2. The Bertz CT molecular complexity index is 670.